The normalized spacial score (nSPS) is 16.2. The third-order valence-electron chi connectivity index (χ3n) is 5.87. The summed E-state index contributed by atoms with van der Waals surface area (Å²) >= 11 is 12.8. The van der Waals surface area contributed by atoms with E-state index >= 15 is 0 Å². The molecule has 0 radical (unpaired) electrons. The van der Waals surface area contributed by atoms with Crippen molar-refractivity contribution in [2.24, 2.45) is 15.4 Å². The van der Waals surface area contributed by atoms with Crippen molar-refractivity contribution in [1.82, 2.24) is 10.6 Å². The minimum absolute atomic E-state index is 0.125. The Kier molecular flexibility index (Phi) is 8.25. The Labute approximate surface area is 217 Å². The van der Waals surface area contributed by atoms with Crippen LogP contribution < -0.4 is 10.6 Å². The van der Waals surface area contributed by atoms with Crippen molar-refractivity contribution in [2.75, 3.05) is 7.11 Å². The SMILES string of the molecule is COC1=NC(c2cc(CNC(=O)C(C)(C)C(F)(F)F)ccc2Cl)N=C(c2ccc(Cl)c(C(C)C)c2)N1. The smallest absolute Gasteiger partial charge is 0.402 e. The molecular weight excluding hydrogens is 516 g/mol. The van der Waals surface area contributed by atoms with Crippen molar-refractivity contribution in [1.29, 1.82) is 0 Å². The van der Waals surface area contributed by atoms with Crippen LogP contribution in [-0.4, -0.2) is 31.1 Å². The quantitative estimate of drug-likeness (QED) is 0.445. The molecule has 2 aromatic carbocycles. The lowest BCUT2D eigenvalue weighted by Crippen LogP contribution is -2.46. The molecule has 36 heavy (non-hydrogen) atoms. The molecule has 2 N–H and O–H groups in total. The maximum atomic E-state index is 13.2. The van der Waals surface area contributed by atoms with Crippen LogP contribution in [0, 0.1) is 5.41 Å². The molecule has 0 bridgehead atoms. The van der Waals surface area contributed by atoms with E-state index in [2.05, 4.69) is 15.6 Å². The van der Waals surface area contributed by atoms with Crippen molar-refractivity contribution < 1.29 is 22.7 Å². The first-order valence-electron chi connectivity index (χ1n) is 11.1. The zero-order valence-electron chi connectivity index (χ0n) is 20.4. The number of halogens is 5. The third kappa shape index (κ3) is 5.95. The highest BCUT2D eigenvalue weighted by Gasteiger charge is 2.52. The molecule has 0 saturated carbocycles. The molecule has 2 aromatic rings. The summed E-state index contributed by atoms with van der Waals surface area (Å²) in [4.78, 5) is 21.3. The summed E-state index contributed by atoms with van der Waals surface area (Å²) in [5.74, 6) is -0.444. The van der Waals surface area contributed by atoms with Gasteiger partial charge < -0.3 is 10.1 Å². The summed E-state index contributed by atoms with van der Waals surface area (Å²) in [7, 11) is 1.46. The Morgan fingerprint density at radius 3 is 2.39 bits per heavy atom. The topological polar surface area (TPSA) is 75.1 Å². The minimum atomic E-state index is -4.68. The van der Waals surface area contributed by atoms with Crippen LogP contribution in [0.1, 0.15) is 62.0 Å². The fourth-order valence-corrected chi connectivity index (χ4v) is 3.94. The number of carbonyl (C=O) groups excluding carboxylic acids is 1. The lowest BCUT2D eigenvalue weighted by molar-refractivity contribution is -0.211. The number of nitrogens with zero attached hydrogens (tertiary/aromatic N) is 2. The van der Waals surface area contributed by atoms with Crippen molar-refractivity contribution in [3.8, 4) is 0 Å². The summed E-state index contributed by atoms with van der Waals surface area (Å²) in [6.07, 6.45) is -5.46. The molecule has 1 amide bonds. The minimum Gasteiger partial charge on any atom is -0.468 e. The highest BCUT2D eigenvalue weighted by Crippen LogP contribution is 2.38. The molecule has 0 fully saturated rings. The monoisotopic (exact) mass is 542 g/mol. The largest absolute Gasteiger partial charge is 0.468 e. The average Bonchev–Trinajstić information content (AvgIpc) is 2.82. The molecule has 0 aromatic heterocycles. The van der Waals surface area contributed by atoms with Gasteiger partial charge in [-0.3, -0.25) is 10.1 Å². The maximum absolute atomic E-state index is 13.2. The van der Waals surface area contributed by atoms with Crippen LogP contribution in [0.15, 0.2) is 46.4 Å². The van der Waals surface area contributed by atoms with E-state index in [0.717, 1.165) is 25.0 Å². The van der Waals surface area contributed by atoms with Crippen LogP contribution >= 0.6 is 23.2 Å². The number of hydrogen-bond donors (Lipinski definition) is 2. The molecule has 1 atom stereocenters. The molecule has 0 aliphatic carbocycles. The number of alkyl halides is 3. The van der Waals surface area contributed by atoms with Crippen LogP contribution in [0.2, 0.25) is 10.0 Å². The van der Waals surface area contributed by atoms with E-state index in [9.17, 15) is 18.0 Å². The second-order valence-corrected chi connectivity index (χ2v) is 9.98. The number of nitrogens with one attached hydrogen (secondary N) is 2. The fraction of sp³-hybridized carbons (Fsp3) is 0.400. The number of methoxy groups -OCH3 is 1. The first-order chi connectivity index (χ1) is 16.7. The van der Waals surface area contributed by atoms with E-state index < -0.39 is 23.7 Å². The second-order valence-electron chi connectivity index (χ2n) is 9.17. The fourth-order valence-electron chi connectivity index (χ4n) is 3.38. The first-order valence-corrected chi connectivity index (χ1v) is 11.9. The Morgan fingerprint density at radius 1 is 1.11 bits per heavy atom. The summed E-state index contributed by atoms with van der Waals surface area (Å²) in [5.41, 5.74) is 0.242. The van der Waals surface area contributed by atoms with Crippen LogP contribution in [0.4, 0.5) is 13.2 Å². The maximum Gasteiger partial charge on any atom is 0.402 e. The van der Waals surface area contributed by atoms with Gasteiger partial charge in [0.25, 0.3) is 6.02 Å². The van der Waals surface area contributed by atoms with Crippen LogP contribution in [0.3, 0.4) is 0 Å². The number of benzene rings is 2. The average molecular weight is 543 g/mol. The Hall–Kier alpha value is -2.78. The van der Waals surface area contributed by atoms with E-state index in [1.807, 2.05) is 26.0 Å². The third-order valence-corrected chi connectivity index (χ3v) is 6.56. The zero-order chi connectivity index (χ0) is 26.8. The first kappa shape index (κ1) is 27.8. The predicted molar refractivity (Wildman–Crippen MR) is 136 cm³/mol. The lowest BCUT2D eigenvalue weighted by Gasteiger charge is -2.26. The van der Waals surface area contributed by atoms with Gasteiger partial charge in [0.15, 0.2) is 6.17 Å². The van der Waals surface area contributed by atoms with Gasteiger partial charge in [-0.1, -0.05) is 43.1 Å². The number of carbonyl (C=O) groups is 1. The van der Waals surface area contributed by atoms with Gasteiger partial charge in [-0.2, -0.15) is 13.2 Å². The number of amides is 1. The highest BCUT2D eigenvalue weighted by molar-refractivity contribution is 6.32. The number of rotatable bonds is 6. The van der Waals surface area contributed by atoms with E-state index in [0.29, 0.717) is 27.0 Å². The number of aliphatic imine (C=N–C) groups is 2. The summed E-state index contributed by atoms with van der Waals surface area (Å²) in [6.45, 7) is 5.62. The molecule has 6 nitrogen and oxygen atoms in total. The van der Waals surface area contributed by atoms with Crippen molar-refractivity contribution in [3.63, 3.8) is 0 Å². The molecule has 1 aliphatic rings. The number of amidine groups is 2. The van der Waals surface area contributed by atoms with E-state index in [1.54, 1.807) is 24.3 Å². The molecule has 11 heteroatoms. The van der Waals surface area contributed by atoms with Gasteiger partial charge in [0.2, 0.25) is 5.91 Å². The van der Waals surface area contributed by atoms with E-state index in [4.69, 9.17) is 32.9 Å². The molecule has 0 spiro atoms. The standard InChI is InChI=1S/C25H27Cl2F3N4O2/c1-13(2)16-11-15(7-9-18(16)26)20-32-21(34-23(33-20)36-5)17-10-14(6-8-19(17)27)12-31-22(35)24(3,4)25(28,29)30/h6-11,13,21H,12H2,1-5H3,(H,31,35)(H,32,33,34). The van der Waals surface area contributed by atoms with Gasteiger partial charge in [-0.25, -0.2) is 9.98 Å². The zero-order valence-corrected chi connectivity index (χ0v) is 21.9. The summed E-state index contributed by atoms with van der Waals surface area (Å²) in [6, 6.07) is 10.6. The number of ether oxygens (including phenoxy) is 1. The van der Waals surface area contributed by atoms with Gasteiger partial charge in [0, 0.05) is 27.7 Å². The van der Waals surface area contributed by atoms with Crippen molar-refractivity contribution in [2.45, 2.75) is 52.5 Å². The van der Waals surface area contributed by atoms with Crippen LogP contribution in [0.5, 0.6) is 0 Å². The highest BCUT2D eigenvalue weighted by atomic mass is 35.5. The summed E-state index contributed by atoms with van der Waals surface area (Å²) in [5, 5.41) is 6.39. The van der Waals surface area contributed by atoms with Gasteiger partial charge >= 0.3 is 6.18 Å². The van der Waals surface area contributed by atoms with Crippen molar-refractivity contribution in [3.05, 3.63) is 68.7 Å². The molecule has 0 saturated heterocycles. The van der Waals surface area contributed by atoms with Gasteiger partial charge in [0.1, 0.15) is 11.3 Å². The Bertz CT molecular complexity index is 1210. The Morgan fingerprint density at radius 2 is 1.78 bits per heavy atom. The van der Waals surface area contributed by atoms with E-state index in [1.165, 1.54) is 7.11 Å². The number of hydrogen-bond acceptors (Lipinski definition) is 5. The Balaban J connectivity index is 1.91. The van der Waals surface area contributed by atoms with Gasteiger partial charge in [0.05, 0.1) is 7.11 Å². The molecule has 1 aliphatic heterocycles. The van der Waals surface area contributed by atoms with Crippen LogP contribution in [-0.2, 0) is 16.1 Å². The van der Waals surface area contributed by atoms with E-state index in [-0.39, 0.29) is 18.5 Å². The molecule has 1 unspecified atom stereocenters. The molecule has 1 heterocycles. The van der Waals surface area contributed by atoms with Gasteiger partial charge in [-0.15, -0.1) is 0 Å². The molecule has 3 rings (SSSR count). The van der Waals surface area contributed by atoms with Gasteiger partial charge in [-0.05, 0) is 61.2 Å². The van der Waals surface area contributed by atoms with Crippen LogP contribution in [0.25, 0.3) is 0 Å². The molecular formula is C25H27Cl2F3N4O2. The summed E-state index contributed by atoms with van der Waals surface area (Å²) < 4.78 is 44.9. The second kappa shape index (κ2) is 10.7. The molecule has 194 valence electrons. The lowest BCUT2D eigenvalue weighted by atomic mass is 9.91. The predicted octanol–water partition coefficient (Wildman–Crippen LogP) is 6.37. The van der Waals surface area contributed by atoms with Crippen molar-refractivity contribution >= 4 is 41.0 Å².